The molecule has 1 atom stereocenters. The first-order valence-corrected chi connectivity index (χ1v) is 11.5. The van der Waals surface area contributed by atoms with Crippen LogP contribution in [0.4, 0.5) is 0 Å². The minimum Gasteiger partial charge on any atom is -0.378 e. The van der Waals surface area contributed by atoms with Gasteiger partial charge >= 0.3 is 0 Å². The molecule has 3 aromatic rings. The molecule has 1 fully saturated rings. The molecular weight excluding hydrogens is 436 g/mol. The van der Waals surface area contributed by atoms with Crippen LogP contribution in [-0.2, 0) is 9.53 Å². The Labute approximate surface area is 189 Å². The van der Waals surface area contributed by atoms with E-state index in [0.29, 0.717) is 53.9 Å². The lowest BCUT2D eigenvalue weighted by molar-refractivity contribution is -0.134. The summed E-state index contributed by atoms with van der Waals surface area (Å²) < 4.78 is 7.13. The second-order valence-electron chi connectivity index (χ2n) is 7.51. The number of H-pyrrole nitrogens is 1. The number of rotatable bonds is 5. The Kier molecular flexibility index (Phi) is 6.36. The maximum Gasteiger partial charge on any atom is 0.236 e. The number of fused-ring (bicyclic) bond motifs is 1. The molecule has 1 aliphatic heterocycles. The van der Waals surface area contributed by atoms with Crippen molar-refractivity contribution in [1.29, 1.82) is 5.41 Å². The maximum atomic E-state index is 13.2. The van der Waals surface area contributed by atoms with Gasteiger partial charge in [0, 0.05) is 23.8 Å². The summed E-state index contributed by atoms with van der Waals surface area (Å²) >= 11 is 7.75. The van der Waals surface area contributed by atoms with E-state index in [1.54, 1.807) is 4.57 Å². The number of ether oxygens (including phenoxy) is 1. The first kappa shape index (κ1) is 21.9. The van der Waals surface area contributed by atoms with E-state index in [-0.39, 0.29) is 16.6 Å². The third kappa shape index (κ3) is 4.22. The Morgan fingerprint density at radius 1 is 1.35 bits per heavy atom. The monoisotopic (exact) mass is 460 g/mol. The predicted octanol–water partition coefficient (Wildman–Crippen LogP) is 3.23. The minimum absolute atomic E-state index is 0.0657. The van der Waals surface area contributed by atoms with E-state index >= 15 is 0 Å². The maximum absolute atomic E-state index is 13.2. The number of amides is 1. The molecule has 0 saturated carbocycles. The lowest BCUT2D eigenvalue weighted by Crippen LogP contribution is -2.44. The number of aromatic nitrogens is 4. The van der Waals surface area contributed by atoms with Crippen LogP contribution in [0.25, 0.3) is 16.7 Å². The molecule has 4 rings (SSSR count). The molecule has 164 valence electrons. The average Bonchev–Trinajstić information content (AvgIpc) is 3.15. The van der Waals surface area contributed by atoms with Crippen LogP contribution in [0, 0.1) is 19.3 Å². The van der Waals surface area contributed by atoms with Crippen LogP contribution in [0.3, 0.4) is 0 Å². The Balaban J connectivity index is 1.81. The SMILES string of the molecule is CC[C@H](Sc1nc2n[nH]c(C)c2c(=N)n1-c1ccc(C)c(Cl)c1)C(=O)N1CCOCC1. The molecule has 8 nitrogen and oxygen atoms in total. The van der Waals surface area contributed by atoms with Gasteiger partial charge in [0.15, 0.2) is 10.8 Å². The van der Waals surface area contributed by atoms with Gasteiger partial charge in [0.25, 0.3) is 0 Å². The van der Waals surface area contributed by atoms with Crippen molar-refractivity contribution in [3.63, 3.8) is 0 Å². The molecule has 2 N–H and O–H groups in total. The summed E-state index contributed by atoms with van der Waals surface area (Å²) in [6.45, 7) is 8.10. The number of nitrogens with one attached hydrogen (secondary N) is 2. The molecule has 0 radical (unpaired) electrons. The van der Waals surface area contributed by atoms with Gasteiger partial charge in [-0.3, -0.25) is 19.9 Å². The fourth-order valence-electron chi connectivity index (χ4n) is 3.59. The fraction of sp³-hybridized carbons (Fsp3) is 0.429. The first-order valence-electron chi connectivity index (χ1n) is 10.2. The number of benzene rings is 1. The highest BCUT2D eigenvalue weighted by Gasteiger charge is 2.28. The Hall–Kier alpha value is -2.36. The lowest BCUT2D eigenvalue weighted by atomic mass is 10.2. The van der Waals surface area contributed by atoms with E-state index in [4.69, 9.17) is 26.7 Å². The molecule has 0 spiro atoms. The summed E-state index contributed by atoms with van der Waals surface area (Å²) in [6, 6.07) is 5.66. The summed E-state index contributed by atoms with van der Waals surface area (Å²) in [7, 11) is 0. The van der Waals surface area contributed by atoms with Crippen LogP contribution < -0.4 is 5.49 Å². The molecule has 10 heteroatoms. The van der Waals surface area contributed by atoms with E-state index in [1.165, 1.54) is 11.8 Å². The van der Waals surface area contributed by atoms with E-state index < -0.39 is 0 Å². The van der Waals surface area contributed by atoms with Gasteiger partial charge in [0.1, 0.15) is 5.49 Å². The summed E-state index contributed by atoms with van der Waals surface area (Å²) in [5, 5.41) is 17.5. The molecule has 2 aromatic heterocycles. The third-order valence-corrected chi connectivity index (χ3v) is 7.12. The number of nitrogens with zero attached hydrogens (tertiary/aromatic N) is 4. The van der Waals surface area contributed by atoms with Crippen molar-refractivity contribution < 1.29 is 9.53 Å². The second kappa shape index (κ2) is 9.02. The standard InChI is InChI=1S/C21H25ClN6O2S/c1-4-16(20(29)27-7-9-30-10-8-27)31-21-24-19-17(13(3)25-26-19)18(23)28(21)14-6-5-12(2)15(22)11-14/h5-6,11,16,23H,4,7-10H2,1-3H3,(H,25,26)/t16-/m0/s1. The number of carbonyl (C=O) groups excluding carboxylic acids is 1. The topological polar surface area (TPSA) is 99.9 Å². The van der Waals surface area contributed by atoms with Gasteiger partial charge in [-0.1, -0.05) is 36.4 Å². The van der Waals surface area contributed by atoms with Crippen molar-refractivity contribution >= 4 is 40.3 Å². The second-order valence-corrected chi connectivity index (χ2v) is 9.09. The van der Waals surface area contributed by atoms with Gasteiger partial charge in [-0.15, -0.1) is 0 Å². The van der Waals surface area contributed by atoms with Crippen molar-refractivity contribution in [3.05, 3.63) is 40.0 Å². The minimum atomic E-state index is -0.324. The molecular formula is C21H25ClN6O2S. The Morgan fingerprint density at radius 2 is 2.10 bits per heavy atom. The van der Waals surface area contributed by atoms with Gasteiger partial charge in [0.05, 0.1) is 29.5 Å². The molecule has 1 aliphatic rings. The summed E-state index contributed by atoms with van der Waals surface area (Å²) in [5.41, 5.74) is 3.17. The number of aryl methyl sites for hydroxylation is 2. The van der Waals surface area contributed by atoms with Crippen molar-refractivity contribution in [3.8, 4) is 5.69 Å². The van der Waals surface area contributed by atoms with Crippen molar-refractivity contribution in [1.82, 2.24) is 24.6 Å². The largest absolute Gasteiger partial charge is 0.378 e. The van der Waals surface area contributed by atoms with Crippen molar-refractivity contribution in [2.45, 2.75) is 37.6 Å². The average molecular weight is 461 g/mol. The molecule has 0 bridgehead atoms. The highest BCUT2D eigenvalue weighted by molar-refractivity contribution is 8.00. The number of halogens is 1. The lowest BCUT2D eigenvalue weighted by Gasteiger charge is -2.30. The number of aromatic amines is 1. The van der Waals surface area contributed by atoms with E-state index in [1.807, 2.05) is 43.9 Å². The highest BCUT2D eigenvalue weighted by atomic mass is 35.5. The summed E-state index contributed by atoms with van der Waals surface area (Å²) in [4.78, 5) is 19.7. The molecule has 1 amide bonds. The number of hydrogen-bond donors (Lipinski definition) is 2. The van der Waals surface area contributed by atoms with E-state index in [9.17, 15) is 4.79 Å². The van der Waals surface area contributed by atoms with Crippen LogP contribution in [0.2, 0.25) is 5.02 Å². The smallest absolute Gasteiger partial charge is 0.236 e. The summed E-state index contributed by atoms with van der Waals surface area (Å²) in [5.74, 6) is 0.0657. The number of carbonyl (C=O) groups is 1. The summed E-state index contributed by atoms with van der Waals surface area (Å²) in [6.07, 6.45) is 0.641. The van der Waals surface area contributed by atoms with Gasteiger partial charge in [-0.25, -0.2) is 4.98 Å². The first-order chi connectivity index (χ1) is 14.9. The van der Waals surface area contributed by atoms with E-state index in [2.05, 4.69) is 10.2 Å². The van der Waals surface area contributed by atoms with Gasteiger partial charge < -0.3 is 9.64 Å². The Bertz CT molecular complexity index is 1180. The van der Waals surface area contributed by atoms with Crippen LogP contribution in [-0.4, -0.2) is 62.1 Å². The Morgan fingerprint density at radius 3 is 2.77 bits per heavy atom. The molecule has 1 saturated heterocycles. The number of morpholine rings is 1. The van der Waals surface area contributed by atoms with Crippen LogP contribution in [0.5, 0.6) is 0 Å². The molecule has 3 heterocycles. The number of hydrogen-bond acceptors (Lipinski definition) is 6. The highest BCUT2D eigenvalue weighted by Crippen LogP contribution is 2.29. The van der Waals surface area contributed by atoms with Gasteiger partial charge in [0.2, 0.25) is 5.91 Å². The zero-order valence-electron chi connectivity index (χ0n) is 17.7. The van der Waals surface area contributed by atoms with Crippen LogP contribution >= 0.6 is 23.4 Å². The fourth-order valence-corrected chi connectivity index (χ4v) is 4.88. The molecule has 0 aliphatic carbocycles. The number of thioether (sulfide) groups is 1. The van der Waals surface area contributed by atoms with Gasteiger partial charge in [-0.2, -0.15) is 5.10 Å². The molecule has 31 heavy (non-hydrogen) atoms. The van der Waals surface area contributed by atoms with Crippen LogP contribution in [0.1, 0.15) is 24.6 Å². The van der Waals surface area contributed by atoms with Crippen LogP contribution in [0.15, 0.2) is 23.4 Å². The third-order valence-electron chi connectivity index (χ3n) is 5.41. The van der Waals surface area contributed by atoms with Crippen molar-refractivity contribution in [2.24, 2.45) is 0 Å². The van der Waals surface area contributed by atoms with Crippen molar-refractivity contribution in [2.75, 3.05) is 26.3 Å². The quantitative estimate of drug-likeness (QED) is 0.449. The zero-order chi connectivity index (χ0) is 22.1. The van der Waals surface area contributed by atoms with Gasteiger partial charge in [-0.05, 0) is 38.0 Å². The van der Waals surface area contributed by atoms with E-state index in [0.717, 1.165) is 16.9 Å². The predicted molar refractivity (Wildman–Crippen MR) is 121 cm³/mol. The normalized spacial score (nSPS) is 15.4. The molecule has 0 unspecified atom stereocenters. The molecule has 1 aromatic carbocycles. The zero-order valence-corrected chi connectivity index (χ0v) is 19.3.